The van der Waals surface area contributed by atoms with Crippen LogP contribution in [0.25, 0.3) is 0 Å². The van der Waals surface area contributed by atoms with Crippen LogP contribution in [0.3, 0.4) is 0 Å². The van der Waals surface area contributed by atoms with Gasteiger partial charge in [0.05, 0.1) is 5.69 Å². The van der Waals surface area contributed by atoms with Gasteiger partial charge in [0.15, 0.2) is 0 Å². The Labute approximate surface area is 108 Å². The van der Waals surface area contributed by atoms with Gasteiger partial charge in [0.2, 0.25) is 0 Å². The molecule has 3 heteroatoms. The summed E-state index contributed by atoms with van der Waals surface area (Å²) in [6.45, 7) is 5.26. The Balaban J connectivity index is 1.80. The van der Waals surface area contributed by atoms with E-state index in [4.69, 9.17) is 0 Å². The minimum atomic E-state index is 0.339. The molecule has 0 radical (unpaired) electrons. The topological polar surface area (TPSA) is 40.7 Å². The molecule has 1 aliphatic carbocycles. The van der Waals surface area contributed by atoms with Gasteiger partial charge in [-0.1, -0.05) is 31.2 Å². The second-order valence-electron chi connectivity index (χ2n) is 4.96. The fourth-order valence-electron chi connectivity index (χ4n) is 2.67. The third-order valence-corrected chi connectivity index (χ3v) is 3.78. The Hall–Kier alpha value is -1.61. The summed E-state index contributed by atoms with van der Waals surface area (Å²) < 4.78 is 0. The van der Waals surface area contributed by atoms with Gasteiger partial charge in [0.25, 0.3) is 0 Å². The van der Waals surface area contributed by atoms with E-state index >= 15 is 0 Å². The number of aromatic amines is 1. The molecule has 0 amide bonds. The van der Waals surface area contributed by atoms with Gasteiger partial charge in [-0.2, -0.15) is 0 Å². The van der Waals surface area contributed by atoms with E-state index in [1.165, 1.54) is 16.8 Å². The van der Waals surface area contributed by atoms with Crippen molar-refractivity contribution in [1.82, 2.24) is 15.3 Å². The lowest BCUT2D eigenvalue weighted by Crippen LogP contribution is -2.20. The molecule has 1 aliphatic rings. The van der Waals surface area contributed by atoms with Crippen LogP contribution in [0.2, 0.25) is 0 Å². The average Bonchev–Trinajstić information content (AvgIpc) is 2.80. The van der Waals surface area contributed by atoms with Crippen molar-refractivity contribution in [3.63, 3.8) is 0 Å². The van der Waals surface area contributed by atoms with E-state index < -0.39 is 0 Å². The molecule has 2 atom stereocenters. The highest BCUT2D eigenvalue weighted by Crippen LogP contribution is 2.38. The van der Waals surface area contributed by atoms with Gasteiger partial charge in [-0.15, -0.1) is 0 Å². The lowest BCUT2D eigenvalue weighted by atomic mass is 9.77. The zero-order valence-electron chi connectivity index (χ0n) is 10.9. The maximum absolute atomic E-state index is 4.54. The van der Waals surface area contributed by atoms with Gasteiger partial charge in [0.1, 0.15) is 5.82 Å². The van der Waals surface area contributed by atoms with E-state index in [0.29, 0.717) is 12.0 Å². The van der Waals surface area contributed by atoms with Crippen molar-refractivity contribution < 1.29 is 0 Å². The average molecular weight is 241 g/mol. The SMILES string of the molecule is CCNC(C)c1cnc(C2Cc3ccccc32)[nH]1. The molecule has 94 valence electrons. The Kier molecular flexibility index (Phi) is 2.92. The molecule has 18 heavy (non-hydrogen) atoms. The van der Waals surface area contributed by atoms with Crippen molar-refractivity contribution in [2.75, 3.05) is 6.54 Å². The summed E-state index contributed by atoms with van der Waals surface area (Å²) >= 11 is 0. The van der Waals surface area contributed by atoms with Gasteiger partial charge in [-0.25, -0.2) is 4.98 Å². The number of aromatic nitrogens is 2. The second-order valence-corrected chi connectivity index (χ2v) is 4.96. The number of imidazole rings is 1. The molecule has 3 nitrogen and oxygen atoms in total. The van der Waals surface area contributed by atoms with Crippen LogP contribution in [0, 0.1) is 0 Å². The van der Waals surface area contributed by atoms with Crippen LogP contribution < -0.4 is 5.32 Å². The molecule has 0 aliphatic heterocycles. The van der Waals surface area contributed by atoms with Gasteiger partial charge in [-0.3, -0.25) is 0 Å². The summed E-state index contributed by atoms with van der Waals surface area (Å²) in [6, 6.07) is 8.97. The van der Waals surface area contributed by atoms with Gasteiger partial charge in [0, 0.05) is 18.2 Å². The van der Waals surface area contributed by atoms with Crippen LogP contribution in [0.15, 0.2) is 30.5 Å². The summed E-state index contributed by atoms with van der Waals surface area (Å²) in [4.78, 5) is 8.01. The van der Waals surface area contributed by atoms with E-state index in [-0.39, 0.29) is 0 Å². The number of nitrogens with one attached hydrogen (secondary N) is 2. The number of fused-ring (bicyclic) bond motifs is 1. The number of hydrogen-bond acceptors (Lipinski definition) is 2. The van der Waals surface area contributed by atoms with Crippen LogP contribution in [0.4, 0.5) is 0 Å². The maximum Gasteiger partial charge on any atom is 0.114 e. The lowest BCUT2D eigenvalue weighted by Gasteiger charge is -2.28. The minimum Gasteiger partial charge on any atom is -0.344 e. The van der Waals surface area contributed by atoms with Crippen LogP contribution in [-0.2, 0) is 6.42 Å². The first-order chi connectivity index (χ1) is 8.79. The summed E-state index contributed by atoms with van der Waals surface area (Å²) in [6.07, 6.45) is 3.07. The molecule has 2 N–H and O–H groups in total. The summed E-state index contributed by atoms with van der Waals surface area (Å²) in [5.74, 6) is 1.57. The number of H-pyrrole nitrogens is 1. The molecule has 2 aromatic rings. The highest BCUT2D eigenvalue weighted by atomic mass is 15.0. The van der Waals surface area contributed by atoms with Crippen molar-refractivity contribution in [1.29, 1.82) is 0 Å². The molecule has 0 saturated heterocycles. The number of nitrogens with zero attached hydrogens (tertiary/aromatic N) is 1. The molecular formula is C15H19N3. The zero-order valence-corrected chi connectivity index (χ0v) is 10.9. The van der Waals surface area contributed by atoms with Gasteiger partial charge >= 0.3 is 0 Å². The standard InChI is InChI=1S/C15H19N3/c1-3-16-10(2)14-9-17-15(18-14)13-8-11-6-4-5-7-12(11)13/h4-7,9-10,13,16H,3,8H2,1-2H3,(H,17,18). The monoisotopic (exact) mass is 241 g/mol. The lowest BCUT2D eigenvalue weighted by molar-refractivity contribution is 0.581. The fourth-order valence-corrected chi connectivity index (χ4v) is 2.67. The summed E-state index contributed by atoms with van der Waals surface area (Å²) in [7, 11) is 0. The molecule has 0 saturated carbocycles. The van der Waals surface area contributed by atoms with Crippen LogP contribution in [0.5, 0.6) is 0 Å². The molecule has 0 bridgehead atoms. The second kappa shape index (κ2) is 4.58. The van der Waals surface area contributed by atoms with Crippen LogP contribution >= 0.6 is 0 Å². The van der Waals surface area contributed by atoms with E-state index in [1.54, 1.807) is 0 Å². The maximum atomic E-state index is 4.54. The minimum absolute atomic E-state index is 0.339. The highest BCUT2D eigenvalue weighted by molar-refractivity contribution is 5.44. The molecule has 0 spiro atoms. The van der Waals surface area contributed by atoms with Gasteiger partial charge in [-0.05, 0) is 31.0 Å². The predicted molar refractivity (Wildman–Crippen MR) is 72.7 cm³/mol. The first kappa shape index (κ1) is 11.5. The van der Waals surface area contributed by atoms with Crippen molar-refractivity contribution in [3.05, 3.63) is 53.1 Å². The van der Waals surface area contributed by atoms with Crippen LogP contribution in [-0.4, -0.2) is 16.5 Å². The quantitative estimate of drug-likeness (QED) is 0.864. The molecular weight excluding hydrogens is 222 g/mol. The van der Waals surface area contributed by atoms with Crippen LogP contribution in [0.1, 0.15) is 48.5 Å². The summed E-state index contributed by atoms with van der Waals surface area (Å²) in [5.41, 5.74) is 4.06. The number of benzene rings is 1. The molecule has 3 rings (SSSR count). The molecule has 1 aromatic carbocycles. The predicted octanol–water partition coefficient (Wildman–Crippen LogP) is 2.77. The number of hydrogen-bond donors (Lipinski definition) is 2. The van der Waals surface area contributed by atoms with E-state index in [1.807, 2.05) is 6.20 Å². The fraction of sp³-hybridized carbons (Fsp3) is 0.400. The Morgan fingerprint density at radius 1 is 1.44 bits per heavy atom. The highest BCUT2D eigenvalue weighted by Gasteiger charge is 2.29. The third-order valence-electron chi connectivity index (χ3n) is 3.78. The zero-order chi connectivity index (χ0) is 12.5. The molecule has 1 aromatic heterocycles. The largest absolute Gasteiger partial charge is 0.344 e. The van der Waals surface area contributed by atoms with E-state index in [9.17, 15) is 0 Å². The van der Waals surface area contributed by atoms with Crippen molar-refractivity contribution in [2.24, 2.45) is 0 Å². The molecule has 1 heterocycles. The van der Waals surface area contributed by atoms with Crippen molar-refractivity contribution in [2.45, 2.75) is 32.2 Å². The smallest absolute Gasteiger partial charge is 0.114 e. The normalized spacial score (nSPS) is 19.1. The third kappa shape index (κ3) is 1.85. The molecule has 2 unspecified atom stereocenters. The summed E-state index contributed by atoms with van der Waals surface area (Å²) in [5, 5.41) is 3.40. The van der Waals surface area contributed by atoms with Crippen molar-refractivity contribution >= 4 is 0 Å². The molecule has 0 fully saturated rings. The van der Waals surface area contributed by atoms with Gasteiger partial charge < -0.3 is 10.3 Å². The Morgan fingerprint density at radius 2 is 2.28 bits per heavy atom. The van der Waals surface area contributed by atoms with Crippen molar-refractivity contribution in [3.8, 4) is 0 Å². The Morgan fingerprint density at radius 3 is 3.06 bits per heavy atom. The first-order valence-electron chi connectivity index (χ1n) is 6.65. The Bertz CT molecular complexity index is 544. The van der Waals surface area contributed by atoms with E-state index in [2.05, 4.69) is 53.4 Å². The number of rotatable bonds is 4. The van der Waals surface area contributed by atoms with E-state index in [0.717, 1.165) is 18.8 Å². The first-order valence-corrected chi connectivity index (χ1v) is 6.65.